The summed E-state index contributed by atoms with van der Waals surface area (Å²) in [5.41, 5.74) is 13.2. The van der Waals surface area contributed by atoms with E-state index in [1.807, 2.05) is 0 Å². The average molecular weight is 553 g/mol. The lowest BCUT2D eigenvalue weighted by molar-refractivity contribution is 0.550. The maximum atomic E-state index is 2.50. The highest BCUT2D eigenvalue weighted by atomic mass is 15.1. The number of fused-ring (bicyclic) bond motifs is 8. The molecule has 0 amide bonds. The molecule has 0 unspecified atom stereocenters. The number of para-hydroxylation sites is 3. The van der Waals surface area contributed by atoms with Gasteiger partial charge in [0.1, 0.15) is 0 Å². The molecule has 2 heteroatoms. The molecule has 1 aromatic heterocycles. The summed E-state index contributed by atoms with van der Waals surface area (Å²) in [5, 5.41) is 2.54. The van der Waals surface area contributed by atoms with Gasteiger partial charge in [0, 0.05) is 38.9 Å². The molecule has 1 heterocycles. The lowest BCUT2D eigenvalue weighted by Gasteiger charge is -2.30. The molecule has 6 aromatic carbocycles. The molecule has 2 aliphatic rings. The zero-order chi connectivity index (χ0) is 28.4. The molecule has 2 aliphatic carbocycles. The normalized spacial score (nSPS) is 14.8. The minimum atomic E-state index is 0.133. The van der Waals surface area contributed by atoms with Crippen molar-refractivity contribution in [3.8, 4) is 16.8 Å². The van der Waals surface area contributed by atoms with E-state index in [-0.39, 0.29) is 5.41 Å². The van der Waals surface area contributed by atoms with E-state index in [9.17, 15) is 0 Å². The fraction of sp³-hybridized carbons (Fsp3) is 0.122. The molecular formula is C41H32N2. The highest BCUT2D eigenvalue weighted by Gasteiger charge is 2.45. The van der Waals surface area contributed by atoms with Gasteiger partial charge >= 0.3 is 0 Å². The van der Waals surface area contributed by atoms with Crippen molar-refractivity contribution in [1.82, 2.24) is 4.57 Å². The van der Waals surface area contributed by atoms with Gasteiger partial charge in [-0.3, -0.25) is 0 Å². The van der Waals surface area contributed by atoms with Crippen molar-refractivity contribution >= 4 is 38.9 Å². The predicted molar refractivity (Wildman–Crippen MR) is 180 cm³/mol. The van der Waals surface area contributed by atoms with Crippen LogP contribution < -0.4 is 4.90 Å². The molecule has 1 spiro atoms. The number of hydrogen-bond donors (Lipinski definition) is 0. The minimum absolute atomic E-state index is 0.133. The number of anilines is 3. The molecule has 7 aromatic rings. The molecule has 1 fully saturated rings. The van der Waals surface area contributed by atoms with Gasteiger partial charge in [0.25, 0.3) is 0 Å². The molecule has 0 bridgehead atoms. The second-order valence-corrected chi connectivity index (χ2v) is 12.1. The molecule has 0 atom stereocenters. The van der Waals surface area contributed by atoms with Crippen LogP contribution in [0.4, 0.5) is 17.1 Å². The summed E-state index contributed by atoms with van der Waals surface area (Å²) < 4.78 is 2.41. The second-order valence-electron chi connectivity index (χ2n) is 12.1. The Labute approximate surface area is 252 Å². The molecule has 206 valence electrons. The van der Waals surface area contributed by atoms with E-state index >= 15 is 0 Å². The first-order chi connectivity index (χ1) is 21.3. The number of hydrogen-bond acceptors (Lipinski definition) is 1. The van der Waals surface area contributed by atoms with Crippen molar-refractivity contribution in [1.29, 1.82) is 0 Å². The van der Waals surface area contributed by atoms with Crippen LogP contribution in [0.3, 0.4) is 0 Å². The van der Waals surface area contributed by atoms with Gasteiger partial charge in [-0.1, -0.05) is 104 Å². The van der Waals surface area contributed by atoms with Crippen molar-refractivity contribution in [2.45, 2.75) is 31.1 Å². The summed E-state index contributed by atoms with van der Waals surface area (Å²) in [6.07, 6.45) is 5.05. The van der Waals surface area contributed by atoms with Gasteiger partial charge in [-0.05, 0) is 89.7 Å². The van der Waals surface area contributed by atoms with Crippen molar-refractivity contribution in [3.63, 3.8) is 0 Å². The number of nitrogens with zero attached hydrogens (tertiary/aromatic N) is 2. The van der Waals surface area contributed by atoms with Gasteiger partial charge < -0.3 is 9.47 Å². The molecule has 2 nitrogen and oxygen atoms in total. The Balaban J connectivity index is 1.28. The van der Waals surface area contributed by atoms with Crippen LogP contribution in [0.25, 0.3) is 38.6 Å². The number of benzene rings is 6. The molecule has 0 aliphatic heterocycles. The molecule has 9 rings (SSSR count). The predicted octanol–water partition coefficient (Wildman–Crippen LogP) is 11.1. The minimum Gasteiger partial charge on any atom is -0.310 e. The maximum Gasteiger partial charge on any atom is 0.0561 e. The van der Waals surface area contributed by atoms with Gasteiger partial charge in [-0.25, -0.2) is 0 Å². The van der Waals surface area contributed by atoms with Crippen LogP contribution in [0.5, 0.6) is 0 Å². The first-order valence-electron chi connectivity index (χ1n) is 15.5. The molecule has 1 saturated carbocycles. The quantitative estimate of drug-likeness (QED) is 0.211. The third-order valence-electron chi connectivity index (χ3n) is 9.91. The van der Waals surface area contributed by atoms with Crippen LogP contribution in [0.2, 0.25) is 0 Å². The Kier molecular flexibility index (Phi) is 5.40. The largest absolute Gasteiger partial charge is 0.310 e. The van der Waals surface area contributed by atoms with Crippen LogP contribution in [-0.2, 0) is 5.41 Å². The van der Waals surface area contributed by atoms with Crippen molar-refractivity contribution < 1.29 is 0 Å². The van der Waals surface area contributed by atoms with Crippen molar-refractivity contribution in [3.05, 3.63) is 157 Å². The number of rotatable bonds is 4. The maximum absolute atomic E-state index is 2.50. The van der Waals surface area contributed by atoms with Crippen molar-refractivity contribution in [2.75, 3.05) is 4.90 Å². The zero-order valence-corrected chi connectivity index (χ0v) is 24.1. The monoisotopic (exact) mass is 552 g/mol. The van der Waals surface area contributed by atoms with Crippen LogP contribution in [-0.4, -0.2) is 4.57 Å². The Bertz CT molecular complexity index is 2130. The number of aromatic nitrogens is 1. The molecule has 0 radical (unpaired) electrons. The van der Waals surface area contributed by atoms with Crippen LogP contribution in [0, 0.1) is 0 Å². The highest BCUT2D eigenvalue weighted by Crippen LogP contribution is 2.57. The van der Waals surface area contributed by atoms with E-state index in [1.54, 1.807) is 0 Å². The Morgan fingerprint density at radius 3 is 1.93 bits per heavy atom. The molecule has 0 N–H and O–H groups in total. The third kappa shape index (κ3) is 3.59. The molecule has 43 heavy (non-hydrogen) atoms. The van der Waals surface area contributed by atoms with Gasteiger partial charge in [0.15, 0.2) is 0 Å². The molecule has 0 saturated heterocycles. The van der Waals surface area contributed by atoms with E-state index in [4.69, 9.17) is 0 Å². The van der Waals surface area contributed by atoms with Crippen LogP contribution in [0.15, 0.2) is 146 Å². The lowest BCUT2D eigenvalue weighted by Crippen LogP contribution is -2.21. The second kappa shape index (κ2) is 9.47. The fourth-order valence-electron chi connectivity index (χ4n) is 8.08. The zero-order valence-electron chi connectivity index (χ0n) is 24.1. The Hall–Kier alpha value is -5.08. The van der Waals surface area contributed by atoms with Crippen LogP contribution in [0.1, 0.15) is 36.8 Å². The summed E-state index contributed by atoms with van der Waals surface area (Å²) in [4.78, 5) is 2.44. The van der Waals surface area contributed by atoms with Crippen molar-refractivity contribution in [2.24, 2.45) is 0 Å². The van der Waals surface area contributed by atoms with Gasteiger partial charge in [-0.15, -0.1) is 0 Å². The lowest BCUT2D eigenvalue weighted by atomic mass is 9.76. The van der Waals surface area contributed by atoms with E-state index in [1.165, 1.54) is 86.8 Å². The van der Waals surface area contributed by atoms with E-state index in [0.29, 0.717) is 0 Å². The summed E-state index contributed by atoms with van der Waals surface area (Å²) in [6, 6.07) is 53.6. The standard InChI is InChI=1S/C41H32N2/c1-3-13-29(14-4-1)42(31-21-23-34-33-17-7-9-19-37(33)41(38(34)27-31)25-11-12-26-41)32-22-24-36-35-18-8-10-20-39(35)43(40(36)28-32)30-15-5-2-6-16-30/h1-10,13-24,27-28H,11-12,25-26H2. The smallest absolute Gasteiger partial charge is 0.0561 e. The average Bonchev–Trinajstić information content (AvgIpc) is 3.76. The van der Waals surface area contributed by atoms with Gasteiger partial charge in [0.05, 0.1) is 11.0 Å². The van der Waals surface area contributed by atoms with Crippen LogP contribution >= 0.6 is 0 Å². The topological polar surface area (TPSA) is 8.17 Å². The van der Waals surface area contributed by atoms with E-state index < -0.39 is 0 Å². The summed E-state index contributed by atoms with van der Waals surface area (Å²) in [7, 11) is 0. The summed E-state index contributed by atoms with van der Waals surface area (Å²) >= 11 is 0. The summed E-state index contributed by atoms with van der Waals surface area (Å²) in [5.74, 6) is 0. The third-order valence-corrected chi connectivity index (χ3v) is 9.91. The molecular weight excluding hydrogens is 520 g/mol. The first-order valence-corrected chi connectivity index (χ1v) is 15.5. The van der Waals surface area contributed by atoms with E-state index in [0.717, 1.165) is 5.69 Å². The van der Waals surface area contributed by atoms with E-state index in [2.05, 4.69) is 155 Å². The van der Waals surface area contributed by atoms with Gasteiger partial charge in [-0.2, -0.15) is 0 Å². The van der Waals surface area contributed by atoms with Gasteiger partial charge in [0.2, 0.25) is 0 Å². The summed E-state index contributed by atoms with van der Waals surface area (Å²) in [6.45, 7) is 0. The first kappa shape index (κ1) is 24.5. The Morgan fingerprint density at radius 1 is 0.465 bits per heavy atom. The SMILES string of the molecule is c1ccc(N(c2ccc3c(c2)C2(CCCC2)c2ccccc2-3)c2ccc3c4ccccc4n(-c4ccccc4)c3c2)cc1. The Morgan fingerprint density at radius 2 is 1.09 bits per heavy atom. The fourth-order valence-corrected chi connectivity index (χ4v) is 8.08. The highest BCUT2D eigenvalue weighted by molar-refractivity contribution is 6.10.